The van der Waals surface area contributed by atoms with E-state index in [1.54, 1.807) is 0 Å². The van der Waals surface area contributed by atoms with E-state index in [0.717, 1.165) is 38.5 Å². The molecule has 0 saturated carbocycles. The van der Waals surface area contributed by atoms with Crippen LogP contribution in [0.15, 0.2) is 346 Å². The van der Waals surface area contributed by atoms with Crippen molar-refractivity contribution in [1.29, 1.82) is 0 Å². The molecule has 0 bridgehead atoms. The van der Waals surface area contributed by atoms with Crippen molar-refractivity contribution >= 4 is 139 Å². The summed E-state index contributed by atoms with van der Waals surface area (Å²) >= 11 is 0. The third-order valence-corrected chi connectivity index (χ3v) is 27.0. The van der Waals surface area contributed by atoms with E-state index in [2.05, 4.69) is 377 Å². The zero-order valence-corrected chi connectivity index (χ0v) is 64.2. The van der Waals surface area contributed by atoms with Gasteiger partial charge in [-0.15, -0.1) is 0 Å². The first-order valence-corrected chi connectivity index (χ1v) is 41.7. The van der Waals surface area contributed by atoms with Crippen LogP contribution in [-0.4, -0.2) is 31.7 Å². The van der Waals surface area contributed by atoms with Crippen LogP contribution in [0.2, 0.25) is 0 Å². The fourth-order valence-corrected chi connectivity index (χ4v) is 22.3. The molecule has 540 valence electrons. The number of nitrogens with zero attached hydrogens (tertiary/aromatic N) is 4. The Morgan fingerprint density at radius 3 is 1.41 bits per heavy atom. The minimum atomic E-state index is -0.116. The van der Waals surface area contributed by atoms with E-state index in [-0.39, 0.29) is 13.4 Å². The van der Waals surface area contributed by atoms with Crippen LogP contribution in [-0.2, 0) is 12.8 Å². The summed E-state index contributed by atoms with van der Waals surface area (Å²) in [6.07, 6.45) is 25.2. The second kappa shape index (κ2) is 24.5. The van der Waals surface area contributed by atoms with Gasteiger partial charge in [0.1, 0.15) is 0 Å². The average Bonchev–Trinajstić information content (AvgIpc) is 1.48. The van der Waals surface area contributed by atoms with Crippen molar-refractivity contribution in [2.45, 2.75) is 45.4 Å². The van der Waals surface area contributed by atoms with Crippen molar-refractivity contribution in [1.82, 2.24) is 18.3 Å². The van der Waals surface area contributed by atoms with Crippen LogP contribution in [0.1, 0.15) is 66.2 Å². The van der Waals surface area contributed by atoms with Crippen molar-refractivity contribution in [2.24, 2.45) is 5.92 Å². The second-order valence-electron chi connectivity index (χ2n) is 33.5. The fraction of sp³-hybridized carbons (Fsp3) is 0.0727. The number of hydrogen-bond donors (Lipinski definition) is 0. The Morgan fingerprint density at radius 1 is 0.310 bits per heavy atom. The molecule has 26 rings (SSSR count). The minimum Gasteiger partial charge on any atom is -0.311 e. The SMILES string of the molecule is CC1C=Cc2c(c3cc(Cc4cccc(-c5c(C6=CCCC=C6)n6c7c(c8ccccc8cc57)B5c7c-6cc(-c6ccccc6)cc7-n6c7ccc(C8=CCCC=C8)cc7c7cc(-c8ccccc8)cc5c76)c4)cc4c3n2-c2cc(-c3ccccc3)cc3c2B4c2c4ccccc4cc4c(-c5ccccc5)c(-c5ccccc5)n-3c24)C1. The molecule has 0 amide bonds. The molecule has 7 aliphatic rings. The third-order valence-electron chi connectivity index (χ3n) is 27.0. The van der Waals surface area contributed by atoms with Gasteiger partial charge in [-0.25, -0.2) is 0 Å². The summed E-state index contributed by atoms with van der Waals surface area (Å²) < 4.78 is 10.9. The van der Waals surface area contributed by atoms with Gasteiger partial charge in [-0.05, 0) is 249 Å². The van der Waals surface area contributed by atoms with Gasteiger partial charge in [0.2, 0.25) is 0 Å². The number of allylic oxidation sites excluding steroid dienone is 9. The zero-order valence-electron chi connectivity index (χ0n) is 64.2. The Morgan fingerprint density at radius 2 is 0.810 bits per heavy atom. The van der Waals surface area contributed by atoms with Crippen molar-refractivity contribution in [3.8, 4) is 89.6 Å². The summed E-state index contributed by atoms with van der Waals surface area (Å²) in [5.74, 6) is 0.379. The molecule has 0 saturated heterocycles. The summed E-state index contributed by atoms with van der Waals surface area (Å²) in [6, 6.07) is 117. The second-order valence-corrected chi connectivity index (χ2v) is 33.5. The third kappa shape index (κ3) is 9.13. The molecule has 0 radical (unpaired) electrons. The van der Waals surface area contributed by atoms with Crippen LogP contribution in [0.25, 0.3) is 183 Å². The molecule has 116 heavy (non-hydrogen) atoms. The van der Waals surface area contributed by atoms with E-state index >= 15 is 0 Å². The molecule has 15 aromatic carbocycles. The maximum Gasteiger partial charge on any atom is 0.253 e. The molecular formula is C110H74B2N4. The molecule has 6 heteroatoms. The summed E-state index contributed by atoms with van der Waals surface area (Å²) in [4.78, 5) is 0. The highest BCUT2D eigenvalue weighted by molar-refractivity contribution is 7.02. The van der Waals surface area contributed by atoms with Crippen molar-refractivity contribution < 1.29 is 0 Å². The zero-order chi connectivity index (χ0) is 75.7. The lowest BCUT2D eigenvalue weighted by Gasteiger charge is -2.35. The first kappa shape index (κ1) is 64.6. The van der Waals surface area contributed by atoms with E-state index in [1.807, 2.05) is 0 Å². The molecular weight excluding hydrogens is 1400 g/mol. The molecule has 1 atom stereocenters. The van der Waals surface area contributed by atoms with Gasteiger partial charge in [-0.2, -0.15) is 0 Å². The summed E-state index contributed by atoms with van der Waals surface area (Å²) in [6.45, 7) is 2.19. The first-order chi connectivity index (χ1) is 57.5. The monoisotopic (exact) mass is 1470 g/mol. The molecule has 1 unspecified atom stereocenters. The largest absolute Gasteiger partial charge is 0.311 e. The molecule has 19 aromatic rings. The maximum absolute atomic E-state index is 2.77. The number of aromatic nitrogens is 4. The van der Waals surface area contributed by atoms with E-state index in [1.165, 1.54) is 243 Å². The number of benzene rings is 15. The Bertz CT molecular complexity index is 7750. The van der Waals surface area contributed by atoms with Crippen LogP contribution in [0.3, 0.4) is 0 Å². The number of hydrogen-bond acceptors (Lipinski definition) is 0. The first-order valence-electron chi connectivity index (χ1n) is 41.7. The molecule has 8 heterocycles. The number of fused-ring (bicyclic) bond motifs is 18. The lowest BCUT2D eigenvalue weighted by Crippen LogP contribution is -2.60. The topological polar surface area (TPSA) is 19.7 Å². The van der Waals surface area contributed by atoms with Gasteiger partial charge in [-0.1, -0.05) is 292 Å². The summed E-state index contributed by atoms with van der Waals surface area (Å²) in [5, 5.41) is 11.6. The van der Waals surface area contributed by atoms with E-state index in [0.29, 0.717) is 5.92 Å². The Hall–Kier alpha value is -13.9. The molecule has 0 fully saturated rings. The van der Waals surface area contributed by atoms with Crippen molar-refractivity contribution in [3.05, 3.63) is 379 Å². The quantitative estimate of drug-likeness (QED) is 0.122. The molecule has 4 aromatic heterocycles. The van der Waals surface area contributed by atoms with E-state index in [9.17, 15) is 0 Å². The maximum atomic E-state index is 2.77. The van der Waals surface area contributed by atoms with E-state index in [4.69, 9.17) is 0 Å². The number of rotatable bonds is 10. The highest BCUT2D eigenvalue weighted by atomic mass is 15.1. The van der Waals surface area contributed by atoms with Crippen LogP contribution in [0.4, 0.5) is 0 Å². The highest BCUT2D eigenvalue weighted by Crippen LogP contribution is 2.51. The molecule has 4 nitrogen and oxygen atoms in total. The molecule has 4 aliphatic heterocycles. The smallest absolute Gasteiger partial charge is 0.253 e. The van der Waals surface area contributed by atoms with Gasteiger partial charge in [0.15, 0.2) is 0 Å². The van der Waals surface area contributed by atoms with Gasteiger partial charge < -0.3 is 18.3 Å². The lowest BCUT2D eigenvalue weighted by atomic mass is 9.33. The van der Waals surface area contributed by atoms with Gasteiger partial charge in [-0.3, -0.25) is 0 Å². The molecule has 0 N–H and O–H groups in total. The summed E-state index contributed by atoms with van der Waals surface area (Å²) in [5.41, 5.74) is 44.7. The Kier molecular flexibility index (Phi) is 13.7. The van der Waals surface area contributed by atoms with Gasteiger partial charge in [0, 0.05) is 77.5 Å². The standard InChI is InChI=1S/C110H74B2N4/c1-66-48-50-93-85(52-66)87-55-68(56-91-107(87)113(93)95-62-81(71-33-13-4-14-34-71)64-97-103(95)111(91)101-83-46-25-23-43-77(83)58-89-99(73-37-17-6-18-38-73)105(115(97)109(89)101)74-39-19-7-20-40-74)53-67-28-27-45-79(54-67)100-90-59-78-44-24-26-47-84(78)102-110(90)116(106(100)75-41-21-8-22-42-75)98-65-82(72-35-15-5-16-36-72)63-96-104(98)112(102)92-61-80(70-31-11-3-12-32-70)60-88-86-57-76(69-29-9-2-10-30-69)49-51-94(86)114(96)108(88)92/h3-7,9,11-21,23-51,54-66H,2,8,10,22,52-53H2,1H3. The predicted molar refractivity (Wildman–Crippen MR) is 492 cm³/mol. The fourth-order valence-electron chi connectivity index (χ4n) is 22.3. The predicted octanol–water partition coefficient (Wildman–Crippen LogP) is 23.5. The average molecular weight is 1470 g/mol. The Labute approximate surface area is 673 Å². The van der Waals surface area contributed by atoms with Gasteiger partial charge in [0.05, 0.1) is 27.9 Å². The Balaban J connectivity index is 0.725. The minimum absolute atomic E-state index is 0.101. The van der Waals surface area contributed by atoms with Gasteiger partial charge in [0.25, 0.3) is 13.4 Å². The van der Waals surface area contributed by atoms with Crippen LogP contribution >= 0.6 is 0 Å². The summed E-state index contributed by atoms with van der Waals surface area (Å²) in [7, 11) is 0. The molecule has 3 aliphatic carbocycles. The lowest BCUT2D eigenvalue weighted by molar-refractivity contribution is 0.718. The van der Waals surface area contributed by atoms with E-state index < -0.39 is 0 Å². The highest BCUT2D eigenvalue weighted by Gasteiger charge is 2.47. The van der Waals surface area contributed by atoms with Crippen LogP contribution < -0.4 is 32.8 Å². The molecule has 0 spiro atoms. The van der Waals surface area contributed by atoms with Crippen molar-refractivity contribution in [2.75, 3.05) is 0 Å². The van der Waals surface area contributed by atoms with Gasteiger partial charge >= 0.3 is 0 Å². The van der Waals surface area contributed by atoms with Crippen molar-refractivity contribution in [3.63, 3.8) is 0 Å². The van der Waals surface area contributed by atoms with Crippen LogP contribution in [0.5, 0.6) is 0 Å². The normalized spacial score (nSPS) is 15.0. The van der Waals surface area contributed by atoms with Crippen LogP contribution in [0, 0.1) is 5.92 Å².